The molecule has 9 heteroatoms. The lowest BCUT2D eigenvalue weighted by Gasteiger charge is -2.16. The summed E-state index contributed by atoms with van der Waals surface area (Å²) in [6, 6.07) is 11.4. The molecular weight excluding hydrogens is 468 g/mol. The summed E-state index contributed by atoms with van der Waals surface area (Å²) >= 11 is 3.03. The Morgan fingerprint density at radius 1 is 1.09 bits per heavy atom. The van der Waals surface area contributed by atoms with Gasteiger partial charge in [0.25, 0.3) is 11.5 Å². The Morgan fingerprint density at radius 3 is 2.53 bits per heavy atom. The van der Waals surface area contributed by atoms with Crippen molar-refractivity contribution in [3.05, 3.63) is 74.0 Å². The summed E-state index contributed by atoms with van der Waals surface area (Å²) in [4.78, 5) is 34.3. The van der Waals surface area contributed by atoms with E-state index in [1.54, 1.807) is 20.7 Å². The zero-order chi connectivity index (χ0) is 24.2. The third-order valence-corrected chi connectivity index (χ3v) is 7.77. The highest BCUT2D eigenvalue weighted by Gasteiger charge is 2.36. The third kappa shape index (κ3) is 4.68. The molecule has 0 fully saturated rings. The van der Waals surface area contributed by atoms with Gasteiger partial charge in [-0.05, 0) is 61.9 Å². The summed E-state index contributed by atoms with van der Waals surface area (Å²) in [5.41, 5.74) is 2.89. The molecule has 0 saturated heterocycles. The SMILES string of the molecule is Cc1ccsc1/C=C1\N=C(SCCCCCO)N(c2c(C)n(C)n(-c3ccccc3)c2=O)C1=O. The van der Waals surface area contributed by atoms with Crippen molar-refractivity contribution in [3.8, 4) is 5.69 Å². The quantitative estimate of drug-likeness (QED) is 0.368. The lowest BCUT2D eigenvalue weighted by molar-refractivity contribution is -0.113. The first-order valence-electron chi connectivity index (χ1n) is 11.2. The summed E-state index contributed by atoms with van der Waals surface area (Å²) in [6.45, 7) is 4.02. The first-order valence-corrected chi connectivity index (χ1v) is 13.1. The first-order chi connectivity index (χ1) is 16.4. The van der Waals surface area contributed by atoms with Gasteiger partial charge in [0, 0.05) is 24.3 Å². The van der Waals surface area contributed by atoms with E-state index in [0.29, 0.717) is 22.2 Å². The first kappa shape index (κ1) is 24.3. The maximum Gasteiger partial charge on any atom is 0.296 e. The van der Waals surface area contributed by atoms with Gasteiger partial charge >= 0.3 is 0 Å². The Morgan fingerprint density at radius 2 is 1.85 bits per heavy atom. The summed E-state index contributed by atoms with van der Waals surface area (Å²) in [5.74, 6) is 0.448. The number of unbranched alkanes of at least 4 members (excludes halogenated alkanes) is 2. The van der Waals surface area contributed by atoms with Gasteiger partial charge in [0.1, 0.15) is 11.4 Å². The van der Waals surface area contributed by atoms with Crippen molar-refractivity contribution >= 4 is 45.9 Å². The number of benzene rings is 1. The van der Waals surface area contributed by atoms with Crippen molar-refractivity contribution in [2.75, 3.05) is 17.3 Å². The van der Waals surface area contributed by atoms with Gasteiger partial charge in [0.15, 0.2) is 5.17 Å². The van der Waals surface area contributed by atoms with Crippen LogP contribution in [0, 0.1) is 13.8 Å². The van der Waals surface area contributed by atoms with Gasteiger partial charge in [-0.15, -0.1) is 11.3 Å². The molecule has 1 aliphatic heterocycles. The van der Waals surface area contributed by atoms with Crippen LogP contribution in [0.25, 0.3) is 11.8 Å². The zero-order valence-corrected chi connectivity index (χ0v) is 21.2. The van der Waals surface area contributed by atoms with Gasteiger partial charge in [-0.1, -0.05) is 36.4 Å². The third-order valence-electron chi connectivity index (χ3n) is 5.78. The minimum atomic E-state index is -0.295. The molecule has 1 aromatic carbocycles. The van der Waals surface area contributed by atoms with E-state index in [-0.39, 0.29) is 18.1 Å². The molecule has 178 valence electrons. The standard InChI is InChI=1S/C25H28N4O3S2/c1-17-12-15-33-21(17)16-20-23(31)28(25(26-20)34-14-9-5-8-13-30)22-18(2)27(3)29(24(22)32)19-10-6-4-7-11-19/h4,6-7,10-12,15-16,30H,5,8-9,13-14H2,1-3H3/b20-16-. The summed E-state index contributed by atoms with van der Waals surface area (Å²) in [7, 11) is 1.82. The van der Waals surface area contributed by atoms with E-state index < -0.39 is 0 Å². The summed E-state index contributed by atoms with van der Waals surface area (Å²) in [6.07, 6.45) is 4.34. The maximum atomic E-state index is 13.6. The van der Waals surface area contributed by atoms with Crippen molar-refractivity contribution in [1.82, 2.24) is 9.36 Å². The highest BCUT2D eigenvalue weighted by atomic mass is 32.2. The molecule has 7 nitrogen and oxygen atoms in total. The number of aliphatic imine (C=N–C) groups is 1. The highest BCUT2D eigenvalue weighted by Crippen LogP contribution is 2.31. The number of carbonyl (C=O) groups is 1. The molecule has 1 N–H and O–H groups in total. The summed E-state index contributed by atoms with van der Waals surface area (Å²) < 4.78 is 3.35. The van der Waals surface area contributed by atoms with Crippen LogP contribution in [0.5, 0.6) is 0 Å². The molecule has 3 heterocycles. The minimum Gasteiger partial charge on any atom is -0.396 e. The van der Waals surface area contributed by atoms with Crippen molar-refractivity contribution in [3.63, 3.8) is 0 Å². The summed E-state index contributed by atoms with van der Waals surface area (Å²) in [5, 5.41) is 11.5. The Balaban J connectivity index is 1.75. The van der Waals surface area contributed by atoms with Gasteiger partial charge in [-0.3, -0.25) is 14.3 Å². The Labute approximate surface area is 207 Å². The smallest absolute Gasteiger partial charge is 0.296 e. The van der Waals surface area contributed by atoms with Crippen LogP contribution in [0.3, 0.4) is 0 Å². The molecule has 1 aliphatic rings. The number of carbonyl (C=O) groups excluding carboxylic acids is 1. The van der Waals surface area contributed by atoms with E-state index in [2.05, 4.69) is 4.99 Å². The number of aryl methyl sites for hydroxylation is 1. The molecule has 0 bridgehead atoms. The number of hydrogen-bond donors (Lipinski definition) is 1. The molecule has 0 atom stereocenters. The number of rotatable bonds is 8. The zero-order valence-electron chi connectivity index (χ0n) is 19.5. The number of para-hydroxylation sites is 1. The van der Waals surface area contributed by atoms with E-state index in [1.807, 2.05) is 68.7 Å². The average molecular weight is 497 g/mol. The predicted octanol–water partition coefficient (Wildman–Crippen LogP) is 4.49. The number of thioether (sulfide) groups is 1. The highest BCUT2D eigenvalue weighted by molar-refractivity contribution is 8.14. The van der Waals surface area contributed by atoms with E-state index in [1.165, 1.54) is 16.7 Å². The van der Waals surface area contributed by atoms with E-state index in [9.17, 15) is 9.59 Å². The second-order valence-electron chi connectivity index (χ2n) is 8.08. The number of thiophene rings is 1. The van der Waals surface area contributed by atoms with Crippen LogP contribution in [0.2, 0.25) is 0 Å². The number of anilines is 1. The normalized spacial score (nSPS) is 14.9. The second kappa shape index (κ2) is 10.6. The minimum absolute atomic E-state index is 0.172. The molecule has 0 unspecified atom stereocenters. The maximum absolute atomic E-state index is 13.6. The number of amidine groups is 1. The second-order valence-corrected chi connectivity index (χ2v) is 10.1. The Bertz CT molecular complexity index is 1300. The number of aromatic nitrogens is 2. The van der Waals surface area contributed by atoms with Crippen LogP contribution in [0.15, 0.2) is 57.3 Å². The lowest BCUT2D eigenvalue weighted by Crippen LogP contribution is -2.35. The van der Waals surface area contributed by atoms with Crippen LogP contribution >= 0.6 is 23.1 Å². The van der Waals surface area contributed by atoms with Crippen LogP contribution < -0.4 is 10.5 Å². The lowest BCUT2D eigenvalue weighted by atomic mass is 10.2. The van der Waals surface area contributed by atoms with Crippen LogP contribution in [-0.4, -0.2) is 37.9 Å². The fourth-order valence-electron chi connectivity index (χ4n) is 3.81. The number of hydrogen-bond acceptors (Lipinski definition) is 6. The van der Waals surface area contributed by atoms with Crippen LogP contribution in [0.1, 0.15) is 35.4 Å². The number of nitrogens with zero attached hydrogens (tertiary/aromatic N) is 4. The van der Waals surface area contributed by atoms with Gasteiger partial charge in [-0.2, -0.15) is 0 Å². The molecule has 0 spiro atoms. The Kier molecular flexibility index (Phi) is 7.55. The molecule has 4 rings (SSSR count). The molecule has 0 radical (unpaired) electrons. The largest absolute Gasteiger partial charge is 0.396 e. The topological polar surface area (TPSA) is 79.8 Å². The van der Waals surface area contributed by atoms with E-state index in [0.717, 1.165) is 41.1 Å². The van der Waals surface area contributed by atoms with Crippen molar-refractivity contribution < 1.29 is 9.90 Å². The number of amides is 1. The van der Waals surface area contributed by atoms with E-state index in [4.69, 9.17) is 5.11 Å². The van der Waals surface area contributed by atoms with Gasteiger partial charge in [0.05, 0.1) is 11.4 Å². The van der Waals surface area contributed by atoms with Gasteiger partial charge in [0.2, 0.25) is 0 Å². The monoisotopic (exact) mass is 496 g/mol. The van der Waals surface area contributed by atoms with Crippen molar-refractivity contribution in [2.45, 2.75) is 33.1 Å². The molecule has 0 saturated carbocycles. The van der Waals surface area contributed by atoms with Crippen LogP contribution in [-0.2, 0) is 11.8 Å². The van der Waals surface area contributed by atoms with Crippen LogP contribution in [0.4, 0.5) is 5.69 Å². The molecule has 34 heavy (non-hydrogen) atoms. The molecule has 0 aliphatic carbocycles. The van der Waals surface area contributed by atoms with Gasteiger partial charge in [-0.25, -0.2) is 14.6 Å². The molecule has 1 amide bonds. The molecule has 2 aromatic heterocycles. The van der Waals surface area contributed by atoms with Crippen molar-refractivity contribution in [2.24, 2.45) is 12.0 Å². The van der Waals surface area contributed by atoms with Gasteiger partial charge < -0.3 is 5.11 Å². The molecule has 3 aromatic rings. The number of aliphatic hydroxyl groups is 1. The predicted molar refractivity (Wildman–Crippen MR) is 141 cm³/mol. The fraction of sp³-hybridized carbons (Fsp3) is 0.320. The Hall–Kier alpha value is -2.88. The van der Waals surface area contributed by atoms with Crippen molar-refractivity contribution in [1.29, 1.82) is 0 Å². The van der Waals surface area contributed by atoms with E-state index >= 15 is 0 Å². The number of aliphatic hydroxyl groups excluding tert-OH is 1. The molecular formula is C25H28N4O3S2. The average Bonchev–Trinajstić information content (AvgIpc) is 3.44. The fourth-order valence-corrected chi connectivity index (χ4v) is 5.66.